The molecule has 2 aromatic carbocycles. The van der Waals surface area contributed by atoms with Crippen LogP contribution in [0.5, 0.6) is 0 Å². The molecule has 4 aromatic rings. The summed E-state index contributed by atoms with van der Waals surface area (Å²) >= 11 is 1.31. The Morgan fingerprint density at radius 2 is 1.88 bits per heavy atom. The van der Waals surface area contributed by atoms with Gasteiger partial charge in [0.25, 0.3) is 5.91 Å². The van der Waals surface area contributed by atoms with Gasteiger partial charge in [0, 0.05) is 16.5 Å². The second kappa shape index (κ2) is 9.07. The average Bonchev–Trinajstić information content (AvgIpc) is 3.45. The van der Waals surface area contributed by atoms with Gasteiger partial charge in [0.05, 0.1) is 23.4 Å². The van der Waals surface area contributed by atoms with Crippen molar-refractivity contribution in [2.45, 2.75) is 25.3 Å². The van der Waals surface area contributed by atoms with E-state index in [2.05, 4.69) is 15.0 Å². The number of nitrogens with one attached hydrogen (secondary N) is 2. The maximum absolute atomic E-state index is 12.9. The predicted octanol–water partition coefficient (Wildman–Crippen LogP) is 4.75. The number of thiazole rings is 1. The molecule has 7 nitrogen and oxygen atoms in total. The van der Waals surface area contributed by atoms with Crippen LogP contribution in [0, 0.1) is 13.8 Å². The van der Waals surface area contributed by atoms with E-state index in [0.717, 1.165) is 16.8 Å². The summed E-state index contributed by atoms with van der Waals surface area (Å²) in [6, 6.07) is 15.8. The molecular weight excluding hydrogens is 446 g/mol. The molecule has 0 fully saturated rings. The van der Waals surface area contributed by atoms with Crippen molar-refractivity contribution in [1.82, 2.24) is 9.71 Å². The van der Waals surface area contributed by atoms with Crippen LogP contribution in [-0.2, 0) is 16.6 Å². The van der Waals surface area contributed by atoms with E-state index in [4.69, 9.17) is 4.42 Å². The van der Waals surface area contributed by atoms with Crippen molar-refractivity contribution in [3.8, 4) is 11.3 Å². The second-order valence-corrected chi connectivity index (χ2v) is 9.86. The number of amides is 1. The van der Waals surface area contributed by atoms with Crippen molar-refractivity contribution in [3.05, 3.63) is 88.7 Å². The van der Waals surface area contributed by atoms with E-state index >= 15 is 0 Å². The van der Waals surface area contributed by atoms with Gasteiger partial charge in [0.2, 0.25) is 10.0 Å². The highest BCUT2D eigenvalue weighted by molar-refractivity contribution is 7.89. The monoisotopic (exact) mass is 467 g/mol. The van der Waals surface area contributed by atoms with Crippen LogP contribution in [0.3, 0.4) is 0 Å². The Kier molecular flexibility index (Phi) is 6.22. The topological polar surface area (TPSA) is 101 Å². The second-order valence-electron chi connectivity index (χ2n) is 7.24. The molecule has 0 aliphatic carbocycles. The maximum atomic E-state index is 12.9. The molecule has 4 rings (SSSR count). The largest absolute Gasteiger partial charge is 0.468 e. The van der Waals surface area contributed by atoms with E-state index in [-0.39, 0.29) is 17.0 Å². The first-order valence-corrected chi connectivity index (χ1v) is 12.1. The highest BCUT2D eigenvalue weighted by Gasteiger charge is 2.19. The Morgan fingerprint density at radius 1 is 1.09 bits per heavy atom. The number of carbonyl (C=O) groups excluding carboxylic acids is 1. The molecule has 0 saturated heterocycles. The minimum Gasteiger partial charge on any atom is -0.468 e. The van der Waals surface area contributed by atoms with Gasteiger partial charge < -0.3 is 4.42 Å². The van der Waals surface area contributed by atoms with Gasteiger partial charge in [0.1, 0.15) is 5.76 Å². The van der Waals surface area contributed by atoms with E-state index in [1.54, 1.807) is 25.1 Å². The molecule has 164 valence electrons. The summed E-state index contributed by atoms with van der Waals surface area (Å²) in [5.41, 5.74) is 3.79. The van der Waals surface area contributed by atoms with Crippen molar-refractivity contribution in [3.63, 3.8) is 0 Å². The highest BCUT2D eigenvalue weighted by atomic mass is 32.2. The van der Waals surface area contributed by atoms with Crippen molar-refractivity contribution >= 4 is 32.4 Å². The fraction of sp³-hybridized carbons (Fsp3) is 0.130. The molecule has 0 unspecified atom stereocenters. The quantitative estimate of drug-likeness (QED) is 0.408. The lowest BCUT2D eigenvalue weighted by atomic mass is 10.1. The third-order valence-corrected chi connectivity index (χ3v) is 7.01. The van der Waals surface area contributed by atoms with Gasteiger partial charge in [-0.25, -0.2) is 18.1 Å². The first-order valence-electron chi connectivity index (χ1n) is 9.78. The normalized spacial score (nSPS) is 11.4. The van der Waals surface area contributed by atoms with Crippen molar-refractivity contribution in [1.29, 1.82) is 0 Å². The molecule has 2 heterocycles. The van der Waals surface area contributed by atoms with Crippen LogP contribution < -0.4 is 10.0 Å². The highest BCUT2D eigenvalue weighted by Crippen LogP contribution is 2.26. The molecule has 0 aliphatic rings. The van der Waals surface area contributed by atoms with Gasteiger partial charge in [-0.3, -0.25) is 10.1 Å². The molecule has 0 saturated carbocycles. The van der Waals surface area contributed by atoms with Crippen LogP contribution >= 0.6 is 11.3 Å². The lowest BCUT2D eigenvalue weighted by Crippen LogP contribution is -2.24. The van der Waals surface area contributed by atoms with Crippen LogP contribution in [0.4, 0.5) is 5.13 Å². The van der Waals surface area contributed by atoms with Crippen LogP contribution in [0.25, 0.3) is 11.3 Å². The third kappa shape index (κ3) is 4.96. The van der Waals surface area contributed by atoms with E-state index < -0.39 is 15.9 Å². The summed E-state index contributed by atoms with van der Waals surface area (Å²) in [6.45, 7) is 3.78. The number of rotatable bonds is 7. The van der Waals surface area contributed by atoms with Gasteiger partial charge in [-0.05, 0) is 43.7 Å². The molecule has 9 heteroatoms. The number of benzene rings is 2. The van der Waals surface area contributed by atoms with E-state index in [1.165, 1.54) is 29.7 Å². The first-order chi connectivity index (χ1) is 15.3. The molecule has 32 heavy (non-hydrogen) atoms. The number of sulfonamides is 1. The molecular formula is C23H21N3O4S2. The summed E-state index contributed by atoms with van der Waals surface area (Å²) < 4.78 is 33.0. The number of anilines is 1. The fourth-order valence-electron chi connectivity index (χ4n) is 3.03. The predicted molar refractivity (Wildman–Crippen MR) is 124 cm³/mol. The number of nitrogens with zero attached hydrogens (tertiary/aromatic N) is 1. The molecule has 0 spiro atoms. The van der Waals surface area contributed by atoms with E-state index in [9.17, 15) is 13.2 Å². The SMILES string of the molecule is Cc1ccc(-c2csc(NC(=O)c3cc(S(=O)(=O)NCc4ccco4)ccc3C)n2)cc1. The fourth-order valence-corrected chi connectivity index (χ4v) is 4.76. The molecule has 0 bridgehead atoms. The average molecular weight is 468 g/mol. The van der Waals surface area contributed by atoms with Gasteiger partial charge in [-0.2, -0.15) is 0 Å². The zero-order chi connectivity index (χ0) is 22.7. The molecule has 1 amide bonds. The minimum absolute atomic E-state index is 0.000658. The molecule has 0 atom stereocenters. The summed E-state index contributed by atoms with van der Waals surface area (Å²) in [5, 5.41) is 5.08. The lowest BCUT2D eigenvalue weighted by Gasteiger charge is -2.10. The van der Waals surface area contributed by atoms with E-state index in [0.29, 0.717) is 16.5 Å². The summed E-state index contributed by atoms with van der Waals surface area (Å²) in [6.07, 6.45) is 1.47. The van der Waals surface area contributed by atoms with Crippen molar-refractivity contribution < 1.29 is 17.6 Å². The number of hydrogen-bond acceptors (Lipinski definition) is 6. The molecule has 2 N–H and O–H groups in total. The van der Waals surface area contributed by atoms with E-state index in [1.807, 2.05) is 36.6 Å². The maximum Gasteiger partial charge on any atom is 0.257 e. The van der Waals surface area contributed by atoms with Gasteiger partial charge in [-0.15, -0.1) is 11.3 Å². The standard InChI is InChI=1S/C23H21N3O4S2/c1-15-5-8-17(9-6-15)21-14-31-23(25-21)26-22(27)20-12-19(10-7-16(20)2)32(28,29)24-13-18-4-3-11-30-18/h3-12,14,24H,13H2,1-2H3,(H,25,26,27). The smallest absolute Gasteiger partial charge is 0.257 e. The van der Waals surface area contributed by atoms with Gasteiger partial charge in [0.15, 0.2) is 5.13 Å². The Balaban J connectivity index is 1.51. The Hall–Kier alpha value is -3.27. The number of hydrogen-bond donors (Lipinski definition) is 2. The Morgan fingerprint density at radius 3 is 2.59 bits per heavy atom. The third-order valence-electron chi connectivity index (χ3n) is 4.85. The van der Waals surface area contributed by atoms with Crippen molar-refractivity contribution in [2.75, 3.05) is 5.32 Å². The van der Waals surface area contributed by atoms with Crippen LogP contribution in [0.2, 0.25) is 0 Å². The molecule has 0 radical (unpaired) electrons. The number of aryl methyl sites for hydroxylation is 2. The summed E-state index contributed by atoms with van der Waals surface area (Å²) in [5.74, 6) is 0.0715. The number of carbonyl (C=O) groups is 1. The molecule has 0 aliphatic heterocycles. The lowest BCUT2D eigenvalue weighted by molar-refractivity contribution is 0.102. The summed E-state index contributed by atoms with van der Waals surface area (Å²) in [4.78, 5) is 17.4. The number of aromatic nitrogens is 1. The van der Waals surface area contributed by atoms with Crippen LogP contribution in [0.15, 0.2) is 75.6 Å². The Bertz CT molecular complexity index is 1340. The first kappa shape index (κ1) is 21.9. The van der Waals surface area contributed by atoms with Crippen molar-refractivity contribution in [2.24, 2.45) is 0 Å². The van der Waals surface area contributed by atoms with Crippen LogP contribution in [-0.4, -0.2) is 19.3 Å². The Labute approximate surface area is 190 Å². The minimum atomic E-state index is -3.82. The number of furan rings is 1. The van der Waals surface area contributed by atoms with Gasteiger partial charge >= 0.3 is 0 Å². The zero-order valence-electron chi connectivity index (χ0n) is 17.5. The molecule has 2 aromatic heterocycles. The van der Waals surface area contributed by atoms with Gasteiger partial charge in [-0.1, -0.05) is 35.9 Å². The summed E-state index contributed by atoms with van der Waals surface area (Å²) in [7, 11) is -3.82. The van der Waals surface area contributed by atoms with Crippen LogP contribution in [0.1, 0.15) is 27.2 Å². The zero-order valence-corrected chi connectivity index (χ0v) is 19.1.